The smallest absolute Gasteiger partial charge is 0.274 e. The fourth-order valence-electron chi connectivity index (χ4n) is 5.10. The summed E-state index contributed by atoms with van der Waals surface area (Å²) in [6.07, 6.45) is 2.12. The number of aliphatic hydroxyl groups is 1. The molecular formula is C28H35N5O3. The maximum Gasteiger partial charge on any atom is 0.274 e. The Labute approximate surface area is 212 Å². The van der Waals surface area contributed by atoms with Crippen LogP contribution in [0, 0.1) is 5.92 Å². The van der Waals surface area contributed by atoms with Gasteiger partial charge in [0.05, 0.1) is 13.1 Å². The van der Waals surface area contributed by atoms with E-state index in [4.69, 9.17) is 9.72 Å². The maximum atomic E-state index is 13.8. The monoisotopic (exact) mass is 489 g/mol. The highest BCUT2D eigenvalue weighted by Crippen LogP contribution is 2.26. The highest BCUT2D eigenvalue weighted by molar-refractivity contribution is 5.98. The van der Waals surface area contributed by atoms with Crippen LogP contribution in [-0.4, -0.2) is 76.3 Å². The molecule has 3 aromatic rings. The van der Waals surface area contributed by atoms with Gasteiger partial charge in [0.25, 0.3) is 5.91 Å². The summed E-state index contributed by atoms with van der Waals surface area (Å²) in [7, 11) is 0. The van der Waals surface area contributed by atoms with Gasteiger partial charge in [-0.05, 0) is 43.0 Å². The fourth-order valence-corrected chi connectivity index (χ4v) is 5.10. The molecule has 0 saturated carbocycles. The second kappa shape index (κ2) is 11.6. The van der Waals surface area contributed by atoms with Crippen molar-refractivity contribution in [3.05, 3.63) is 77.7 Å². The molecule has 5 rings (SSSR count). The number of fused-ring (bicyclic) bond motifs is 1. The largest absolute Gasteiger partial charge is 0.492 e. The van der Waals surface area contributed by atoms with E-state index in [1.54, 1.807) is 0 Å². The number of piperidine rings is 1. The van der Waals surface area contributed by atoms with Gasteiger partial charge >= 0.3 is 0 Å². The van der Waals surface area contributed by atoms with Crippen LogP contribution in [0.15, 0.2) is 60.7 Å². The minimum absolute atomic E-state index is 0.0202. The van der Waals surface area contributed by atoms with Crippen molar-refractivity contribution in [3.8, 4) is 5.75 Å². The summed E-state index contributed by atoms with van der Waals surface area (Å²) in [4.78, 5) is 23.0. The van der Waals surface area contributed by atoms with E-state index in [1.165, 1.54) is 0 Å². The normalized spacial score (nSPS) is 18.4. The summed E-state index contributed by atoms with van der Waals surface area (Å²) in [5.41, 5.74) is 1.74. The summed E-state index contributed by atoms with van der Waals surface area (Å²) in [5.74, 6) is 2.62. The number of ether oxygens (including phenoxy) is 1. The van der Waals surface area contributed by atoms with Gasteiger partial charge in [0, 0.05) is 32.8 Å². The van der Waals surface area contributed by atoms with Crippen LogP contribution < -0.4 is 10.1 Å². The van der Waals surface area contributed by atoms with Crippen molar-refractivity contribution in [1.29, 1.82) is 0 Å². The number of imidazole rings is 1. The Morgan fingerprint density at radius 3 is 2.58 bits per heavy atom. The topological polar surface area (TPSA) is 82.9 Å². The molecule has 8 heteroatoms. The molecule has 2 N–H and O–H groups in total. The number of likely N-dealkylation sites (tertiary alicyclic amines) is 1. The van der Waals surface area contributed by atoms with E-state index in [0.717, 1.165) is 43.1 Å². The Kier molecular flexibility index (Phi) is 7.83. The van der Waals surface area contributed by atoms with Crippen molar-refractivity contribution >= 4 is 11.7 Å². The summed E-state index contributed by atoms with van der Waals surface area (Å²) in [6, 6.07) is 19.9. The van der Waals surface area contributed by atoms with Crippen molar-refractivity contribution < 1.29 is 14.6 Å². The lowest BCUT2D eigenvalue weighted by Crippen LogP contribution is -2.38. The average Bonchev–Trinajstić information content (AvgIpc) is 3.16. The molecule has 2 aliphatic heterocycles. The molecule has 1 amide bonds. The standard InChI is InChI=1S/C28H35N5O3/c34-21-23-10-7-14-31(18-23)20-25-30-27-26(33(25)19-22-8-3-1-4-9-22)28(35)32(15-13-29-27)16-17-36-24-11-5-2-6-12-24/h1-6,8-9,11-12,23,29,34H,7,10,13-21H2. The number of amides is 1. The van der Waals surface area contributed by atoms with Crippen LogP contribution in [-0.2, 0) is 13.1 Å². The predicted molar refractivity (Wildman–Crippen MR) is 139 cm³/mol. The fraction of sp³-hybridized carbons (Fsp3) is 0.429. The molecule has 3 heterocycles. The van der Waals surface area contributed by atoms with Crippen molar-refractivity contribution in [2.45, 2.75) is 25.9 Å². The van der Waals surface area contributed by atoms with Crippen molar-refractivity contribution in [2.75, 3.05) is 51.3 Å². The Morgan fingerprint density at radius 2 is 1.81 bits per heavy atom. The van der Waals surface area contributed by atoms with Gasteiger partial charge in [-0.1, -0.05) is 48.5 Å². The second-order valence-electron chi connectivity index (χ2n) is 9.60. The van der Waals surface area contributed by atoms with E-state index in [-0.39, 0.29) is 12.5 Å². The first kappa shape index (κ1) is 24.3. The van der Waals surface area contributed by atoms with Crippen LogP contribution in [0.25, 0.3) is 0 Å². The van der Waals surface area contributed by atoms with Gasteiger partial charge in [-0.15, -0.1) is 0 Å². The molecule has 1 fully saturated rings. The zero-order valence-corrected chi connectivity index (χ0v) is 20.7. The second-order valence-corrected chi connectivity index (χ2v) is 9.60. The lowest BCUT2D eigenvalue weighted by Gasteiger charge is -2.31. The molecule has 1 saturated heterocycles. The van der Waals surface area contributed by atoms with Crippen molar-refractivity contribution in [1.82, 2.24) is 19.4 Å². The zero-order valence-electron chi connectivity index (χ0n) is 20.7. The number of carbonyl (C=O) groups excluding carboxylic acids is 1. The van der Waals surface area contributed by atoms with Gasteiger partial charge in [0.1, 0.15) is 18.2 Å². The van der Waals surface area contributed by atoms with E-state index >= 15 is 0 Å². The quantitative estimate of drug-likeness (QED) is 0.481. The molecule has 0 radical (unpaired) electrons. The van der Waals surface area contributed by atoms with E-state index < -0.39 is 0 Å². The van der Waals surface area contributed by atoms with Crippen LogP contribution in [0.4, 0.5) is 5.82 Å². The van der Waals surface area contributed by atoms with Gasteiger partial charge in [-0.2, -0.15) is 0 Å². The minimum Gasteiger partial charge on any atom is -0.492 e. The van der Waals surface area contributed by atoms with Crippen molar-refractivity contribution in [3.63, 3.8) is 0 Å². The molecule has 8 nitrogen and oxygen atoms in total. The number of anilines is 1. The number of para-hydroxylation sites is 1. The van der Waals surface area contributed by atoms with E-state index in [2.05, 4.69) is 26.9 Å². The molecule has 190 valence electrons. The number of carbonyl (C=O) groups is 1. The van der Waals surface area contributed by atoms with Crippen LogP contribution in [0.3, 0.4) is 0 Å². The van der Waals surface area contributed by atoms with Gasteiger partial charge in [-0.3, -0.25) is 9.69 Å². The Morgan fingerprint density at radius 1 is 1.03 bits per heavy atom. The third-order valence-electron chi connectivity index (χ3n) is 6.99. The first-order valence-electron chi connectivity index (χ1n) is 12.9. The highest BCUT2D eigenvalue weighted by atomic mass is 16.5. The highest BCUT2D eigenvalue weighted by Gasteiger charge is 2.31. The molecular weight excluding hydrogens is 454 g/mol. The molecule has 1 aromatic heterocycles. The Bertz CT molecular complexity index is 1130. The van der Waals surface area contributed by atoms with Crippen LogP contribution in [0.5, 0.6) is 5.75 Å². The van der Waals surface area contributed by atoms with Crippen LogP contribution in [0.1, 0.15) is 34.7 Å². The lowest BCUT2D eigenvalue weighted by molar-refractivity contribution is 0.0731. The molecule has 0 spiro atoms. The number of benzene rings is 2. The molecule has 2 aliphatic rings. The third-order valence-corrected chi connectivity index (χ3v) is 6.99. The molecule has 36 heavy (non-hydrogen) atoms. The first-order valence-corrected chi connectivity index (χ1v) is 12.9. The van der Waals surface area contributed by atoms with Gasteiger partial charge < -0.3 is 24.6 Å². The van der Waals surface area contributed by atoms with Crippen LogP contribution in [0.2, 0.25) is 0 Å². The van der Waals surface area contributed by atoms with E-state index in [9.17, 15) is 9.90 Å². The minimum atomic E-state index is -0.0202. The van der Waals surface area contributed by atoms with Gasteiger partial charge in [-0.25, -0.2) is 4.98 Å². The molecule has 0 aliphatic carbocycles. The maximum absolute atomic E-state index is 13.8. The number of aromatic nitrogens is 2. The van der Waals surface area contributed by atoms with E-state index in [0.29, 0.717) is 56.8 Å². The Hall–Kier alpha value is -3.36. The molecule has 2 aromatic carbocycles. The zero-order chi connectivity index (χ0) is 24.7. The molecule has 1 atom stereocenters. The molecule has 1 unspecified atom stereocenters. The Balaban J connectivity index is 1.38. The number of nitrogens with zero attached hydrogens (tertiary/aromatic N) is 4. The van der Waals surface area contributed by atoms with Gasteiger partial charge in [0.15, 0.2) is 11.5 Å². The molecule has 0 bridgehead atoms. The summed E-state index contributed by atoms with van der Waals surface area (Å²) < 4.78 is 7.96. The number of rotatable bonds is 9. The lowest BCUT2D eigenvalue weighted by atomic mass is 9.99. The van der Waals surface area contributed by atoms with Crippen molar-refractivity contribution in [2.24, 2.45) is 5.92 Å². The van der Waals surface area contributed by atoms with Crippen LogP contribution >= 0.6 is 0 Å². The predicted octanol–water partition coefficient (Wildman–Crippen LogP) is 3.08. The third kappa shape index (κ3) is 5.71. The summed E-state index contributed by atoms with van der Waals surface area (Å²) in [5, 5.41) is 13.1. The number of aliphatic hydroxyl groups excluding tert-OH is 1. The number of hydrogen-bond acceptors (Lipinski definition) is 6. The van der Waals surface area contributed by atoms with E-state index in [1.807, 2.05) is 53.4 Å². The summed E-state index contributed by atoms with van der Waals surface area (Å²) >= 11 is 0. The number of nitrogens with one attached hydrogen (secondary N) is 1. The average molecular weight is 490 g/mol. The SMILES string of the molecule is O=C1c2c(nc(CN3CCCC(CO)C3)n2Cc2ccccc2)NCCN1CCOc1ccccc1. The summed E-state index contributed by atoms with van der Waals surface area (Å²) in [6.45, 7) is 5.45. The first-order chi connectivity index (χ1) is 17.7. The van der Waals surface area contributed by atoms with Gasteiger partial charge in [0.2, 0.25) is 0 Å². The number of hydrogen-bond donors (Lipinski definition) is 2.